The van der Waals surface area contributed by atoms with E-state index in [0.717, 1.165) is 4.21 Å². The van der Waals surface area contributed by atoms with Gasteiger partial charge in [-0.25, -0.2) is 0 Å². The molecule has 3 N–H and O–H groups in total. The molecule has 0 saturated carbocycles. The lowest BCUT2D eigenvalue weighted by atomic mass is 10.2. The van der Waals surface area contributed by atoms with E-state index in [4.69, 9.17) is 5.73 Å². The van der Waals surface area contributed by atoms with Crippen molar-refractivity contribution >= 4 is 40.5 Å². The van der Waals surface area contributed by atoms with Crippen LogP contribution in [0.5, 0.6) is 0 Å². The fourth-order valence-corrected chi connectivity index (χ4v) is 3.00. The quantitative estimate of drug-likeness (QED) is 0.626. The van der Waals surface area contributed by atoms with Crippen LogP contribution < -0.4 is 11.1 Å². The van der Waals surface area contributed by atoms with Crippen LogP contribution in [-0.2, 0) is 0 Å². The van der Waals surface area contributed by atoms with E-state index >= 15 is 0 Å². The number of hydrogen-bond donors (Lipinski definition) is 2. The maximum Gasteiger partial charge on any atom is 0.255 e. The van der Waals surface area contributed by atoms with E-state index in [9.17, 15) is 9.59 Å². The Morgan fingerprint density at radius 1 is 1.47 bits per heavy atom. The molecule has 0 fully saturated rings. The van der Waals surface area contributed by atoms with Gasteiger partial charge in [-0.3, -0.25) is 9.59 Å². The number of nitrogens with one attached hydrogen (secondary N) is 1. The van der Waals surface area contributed by atoms with Crippen molar-refractivity contribution in [3.63, 3.8) is 0 Å². The van der Waals surface area contributed by atoms with Gasteiger partial charge in [0.05, 0.1) is 20.3 Å². The highest BCUT2D eigenvalue weighted by Gasteiger charge is 2.22. The predicted molar refractivity (Wildman–Crippen MR) is 63.9 cm³/mol. The maximum absolute atomic E-state index is 11.5. The second kappa shape index (κ2) is 4.67. The highest BCUT2D eigenvalue weighted by Crippen LogP contribution is 2.37. The van der Waals surface area contributed by atoms with Gasteiger partial charge >= 0.3 is 0 Å². The fourth-order valence-electron chi connectivity index (χ4n) is 1.17. The summed E-state index contributed by atoms with van der Waals surface area (Å²) in [6, 6.07) is 0. The minimum absolute atomic E-state index is 0.108. The predicted octanol–water partition coefficient (Wildman–Crippen LogP) is 1.61. The second-order valence-electron chi connectivity index (χ2n) is 2.85. The highest BCUT2D eigenvalue weighted by molar-refractivity contribution is 8.00. The third-order valence-electron chi connectivity index (χ3n) is 1.87. The second-order valence-corrected chi connectivity index (χ2v) is 4.94. The van der Waals surface area contributed by atoms with Gasteiger partial charge < -0.3 is 11.1 Å². The zero-order valence-corrected chi connectivity index (χ0v) is 10.3. The number of hydrogen-bond acceptors (Lipinski definition) is 5. The minimum Gasteiger partial charge on any atom is -0.397 e. The summed E-state index contributed by atoms with van der Waals surface area (Å²) in [6.45, 7) is 1.44. The van der Waals surface area contributed by atoms with Crippen molar-refractivity contribution in [2.45, 2.75) is 11.1 Å². The molecule has 0 aliphatic heterocycles. The van der Waals surface area contributed by atoms with Gasteiger partial charge in [-0.2, -0.15) is 0 Å². The van der Waals surface area contributed by atoms with Crippen LogP contribution in [-0.4, -0.2) is 25.0 Å². The van der Waals surface area contributed by atoms with Crippen LogP contribution >= 0.6 is 23.1 Å². The van der Waals surface area contributed by atoms with E-state index in [-0.39, 0.29) is 17.4 Å². The number of thiophene rings is 1. The van der Waals surface area contributed by atoms with E-state index in [1.165, 1.54) is 37.1 Å². The number of anilines is 1. The Balaban J connectivity index is 3.36. The summed E-state index contributed by atoms with van der Waals surface area (Å²) in [5.74, 6) is -0.358. The summed E-state index contributed by atoms with van der Waals surface area (Å²) in [4.78, 5) is 23.2. The van der Waals surface area contributed by atoms with Gasteiger partial charge in [0, 0.05) is 14.0 Å². The number of thioether (sulfide) groups is 1. The van der Waals surface area contributed by atoms with Gasteiger partial charge in [-0.15, -0.1) is 23.1 Å². The van der Waals surface area contributed by atoms with Gasteiger partial charge in [-0.05, 0) is 6.26 Å². The molecule has 82 valence electrons. The van der Waals surface area contributed by atoms with Gasteiger partial charge in [-0.1, -0.05) is 0 Å². The number of nitrogen functional groups attached to an aromatic ring is 1. The van der Waals surface area contributed by atoms with Gasteiger partial charge in [0.2, 0.25) is 0 Å². The first kappa shape index (κ1) is 12.1. The first-order valence-corrected chi connectivity index (χ1v) is 6.26. The molecule has 0 aromatic carbocycles. The van der Waals surface area contributed by atoms with Crippen LogP contribution in [0.1, 0.15) is 27.0 Å². The first-order valence-electron chi connectivity index (χ1n) is 4.22. The molecule has 15 heavy (non-hydrogen) atoms. The molecule has 1 rings (SSSR count). The molecule has 0 aliphatic rings. The van der Waals surface area contributed by atoms with Gasteiger partial charge in [0.1, 0.15) is 0 Å². The van der Waals surface area contributed by atoms with Crippen molar-refractivity contribution in [2.24, 2.45) is 0 Å². The molecule has 0 spiro atoms. The molecule has 0 bridgehead atoms. The lowest BCUT2D eigenvalue weighted by Crippen LogP contribution is -2.19. The average molecular weight is 244 g/mol. The highest BCUT2D eigenvalue weighted by atomic mass is 32.2. The van der Waals surface area contributed by atoms with Crippen molar-refractivity contribution < 1.29 is 9.59 Å². The van der Waals surface area contributed by atoms with Gasteiger partial charge in [0.15, 0.2) is 5.78 Å². The lowest BCUT2D eigenvalue weighted by molar-refractivity contribution is 0.0961. The Morgan fingerprint density at radius 2 is 2.07 bits per heavy atom. The van der Waals surface area contributed by atoms with Crippen LogP contribution in [0.3, 0.4) is 0 Å². The summed E-state index contributed by atoms with van der Waals surface area (Å²) in [5.41, 5.74) is 6.48. The van der Waals surface area contributed by atoms with E-state index in [1.54, 1.807) is 0 Å². The minimum atomic E-state index is -0.249. The number of carbonyl (C=O) groups is 2. The Hall–Kier alpha value is -1.01. The summed E-state index contributed by atoms with van der Waals surface area (Å²) in [7, 11) is 1.54. The molecule has 0 unspecified atom stereocenters. The summed E-state index contributed by atoms with van der Waals surface area (Å²) >= 11 is 2.68. The number of ketones is 1. The fraction of sp³-hybridized carbons (Fsp3) is 0.333. The Bertz CT molecular complexity index is 412. The molecule has 6 heteroatoms. The zero-order valence-electron chi connectivity index (χ0n) is 8.71. The number of nitrogens with two attached hydrogens (primary N) is 1. The monoisotopic (exact) mass is 244 g/mol. The van der Waals surface area contributed by atoms with Crippen LogP contribution in [0, 0.1) is 0 Å². The van der Waals surface area contributed by atoms with Crippen molar-refractivity contribution in [2.75, 3.05) is 19.0 Å². The molecule has 4 nitrogen and oxygen atoms in total. The third-order valence-corrected chi connectivity index (χ3v) is 4.30. The maximum atomic E-state index is 11.5. The molecule has 0 atom stereocenters. The van der Waals surface area contributed by atoms with E-state index < -0.39 is 0 Å². The molecule has 0 radical (unpaired) electrons. The van der Waals surface area contributed by atoms with Crippen molar-refractivity contribution in [3.8, 4) is 0 Å². The molecular weight excluding hydrogens is 232 g/mol. The first-order chi connectivity index (χ1) is 7.02. The molecular formula is C9H12N2O2S2. The van der Waals surface area contributed by atoms with Crippen molar-refractivity contribution in [3.05, 3.63) is 10.4 Å². The number of carbonyl (C=O) groups excluding carboxylic acids is 2. The smallest absolute Gasteiger partial charge is 0.255 e. The largest absolute Gasteiger partial charge is 0.397 e. The topological polar surface area (TPSA) is 72.2 Å². The van der Waals surface area contributed by atoms with E-state index in [2.05, 4.69) is 5.32 Å². The lowest BCUT2D eigenvalue weighted by Gasteiger charge is -2.00. The third kappa shape index (κ3) is 2.15. The number of amides is 1. The summed E-state index contributed by atoms with van der Waals surface area (Å²) in [5, 5.41) is 2.51. The summed E-state index contributed by atoms with van der Waals surface area (Å²) in [6.07, 6.45) is 1.85. The Labute approximate surface area is 96.2 Å². The SMILES string of the molecule is CNC(=O)c1c(SC)sc(C(C)=O)c1N. The Kier molecular flexibility index (Phi) is 3.76. The normalized spacial score (nSPS) is 10.1. The van der Waals surface area contributed by atoms with E-state index in [0.29, 0.717) is 10.4 Å². The van der Waals surface area contributed by atoms with E-state index in [1.807, 2.05) is 6.26 Å². The zero-order chi connectivity index (χ0) is 11.6. The summed E-state index contributed by atoms with van der Waals surface area (Å²) < 4.78 is 0.775. The molecule has 1 heterocycles. The van der Waals surface area contributed by atoms with Crippen molar-refractivity contribution in [1.29, 1.82) is 0 Å². The molecule has 1 amide bonds. The van der Waals surface area contributed by atoms with Crippen LogP contribution in [0.2, 0.25) is 0 Å². The van der Waals surface area contributed by atoms with Crippen LogP contribution in [0.15, 0.2) is 4.21 Å². The molecule has 1 aromatic heterocycles. The molecule has 1 aromatic rings. The average Bonchev–Trinajstić information content (AvgIpc) is 2.54. The Morgan fingerprint density at radius 3 is 2.47 bits per heavy atom. The number of Topliss-reactive ketones (excluding diaryl/α,β-unsaturated/α-hetero) is 1. The molecule has 0 aliphatic carbocycles. The molecule has 0 saturated heterocycles. The van der Waals surface area contributed by atoms with Crippen molar-refractivity contribution in [1.82, 2.24) is 5.32 Å². The number of rotatable bonds is 3. The van der Waals surface area contributed by atoms with Crippen LogP contribution in [0.25, 0.3) is 0 Å². The standard InChI is InChI=1S/C9H12N2O2S2/c1-4(12)7-6(10)5(8(13)11-2)9(14-3)15-7/h10H2,1-3H3,(H,11,13). The van der Waals surface area contributed by atoms with Gasteiger partial charge in [0.25, 0.3) is 5.91 Å². The van der Waals surface area contributed by atoms with Crippen LogP contribution in [0.4, 0.5) is 5.69 Å².